The summed E-state index contributed by atoms with van der Waals surface area (Å²) in [6.45, 7) is 12.5. The van der Waals surface area contributed by atoms with E-state index < -0.39 is 203 Å². The van der Waals surface area contributed by atoms with Gasteiger partial charge in [-0.15, -0.1) is 0 Å². The number of Topliss-reactive ketones (excluding diaryl/α,β-unsaturated/α-hetero) is 2. The van der Waals surface area contributed by atoms with Gasteiger partial charge in [-0.3, -0.25) is 23.5 Å². The summed E-state index contributed by atoms with van der Waals surface area (Å²) < 4.78 is 135. The molecule has 486 valence electrons. The number of carbonyl (C=O) groups is 3. The summed E-state index contributed by atoms with van der Waals surface area (Å²) in [5.74, 6) is -1.46. The van der Waals surface area contributed by atoms with Crippen LogP contribution in [0.15, 0.2) is 11.6 Å². The van der Waals surface area contributed by atoms with Crippen molar-refractivity contribution in [2.45, 2.75) is 235 Å². The highest BCUT2D eigenvalue weighted by atomic mass is 32.3. The Kier molecular flexibility index (Phi) is 19.2. The molecule has 9 aliphatic rings. The summed E-state index contributed by atoms with van der Waals surface area (Å²) >= 11 is 0. The van der Waals surface area contributed by atoms with E-state index in [9.17, 15) is 81.2 Å². The lowest BCUT2D eigenvalue weighted by molar-refractivity contribution is -0.389. The average Bonchev–Trinajstić information content (AvgIpc) is 1.70. The number of cyclic esters (lactones) is 1. The fraction of sp³-hybridized carbons (Fsp3) is 0.907. The first-order valence-electron chi connectivity index (χ1n) is 28.8. The highest BCUT2D eigenvalue weighted by Gasteiger charge is 2.79. The predicted octanol–water partition coefficient (Wildman–Crippen LogP) is -1.30. The molecular formula is C54H84O29S2. The minimum absolute atomic E-state index is 0.0436. The number of aliphatic hydroxyl groups is 8. The van der Waals surface area contributed by atoms with Crippen LogP contribution in [0, 0.1) is 45.3 Å². The first-order chi connectivity index (χ1) is 39.5. The maximum Gasteiger partial charge on any atom is 0.397 e. The molecule has 27 atom stereocenters. The smallest absolute Gasteiger partial charge is 0.397 e. The number of ether oxygens (including phenoxy) is 10. The van der Waals surface area contributed by atoms with Gasteiger partial charge in [0, 0.05) is 31.8 Å². The van der Waals surface area contributed by atoms with Crippen LogP contribution in [-0.4, -0.2) is 240 Å². The van der Waals surface area contributed by atoms with Crippen LogP contribution in [0.4, 0.5) is 0 Å². The number of allylic oxidation sites excluding steroid dienone is 2. The SMILES string of the molecule is CO[C@@H]1[C@@H](O)[C@H](O[C@@H]2[C@@H](O)[C@H](O[C@H]3[C@H](O)[C@@H](O)[C@H](O[C@H]4[C@H](O[C@H]5CC[C@]6(C)[C@H]7CC[C@@]89C(=O)O[C@@](C)(CC(=O)CC(C)C)[C@H]8C(=O)C[C@@]9(C)C7=CC[C@H]6C5(C)C)OC[C@@H](OS(=O)(=O)O)[C@@H]4O)O[C@@H]3C)O[C@H](COS(=O)(=O)O)[C@H]2O)O[C@H](CO)[C@H]1O. The number of aliphatic hydroxyl groups excluding tert-OH is 8. The molecule has 9 rings (SSSR count). The van der Waals surface area contributed by atoms with Crippen LogP contribution in [0.3, 0.4) is 0 Å². The van der Waals surface area contributed by atoms with Crippen molar-refractivity contribution in [1.29, 1.82) is 0 Å². The van der Waals surface area contributed by atoms with Gasteiger partial charge in [0.2, 0.25) is 0 Å². The summed E-state index contributed by atoms with van der Waals surface area (Å²) in [7, 11) is -9.29. The minimum atomic E-state index is -5.23. The molecule has 0 bridgehead atoms. The van der Waals surface area contributed by atoms with Crippen molar-refractivity contribution in [3.63, 3.8) is 0 Å². The van der Waals surface area contributed by atoms with Gasteiger partial charge in [-0.05, 0) is 74.5 Å². The summed E-state index contributed by atoms with van der Waals surface area (Å²) in [5.41, 5.74) is -3.37. The van der Waals surface area contributed by atoms with E-state index in [4.69, 9.17) is 51.6 Å². The van der Waals surface area contributed by atoms with E-state index in [2.05, 4.69) is 17.2 Å². The number of fused-ring (bicyclic) bond motifs is 4. The third-order valence-electron chi connectivity index (χ3n) is 20.2. The van der Waals surface area contributed by atoms with Gasteiger partial charge in [0.15, 0.2) is 25.2 Å². The minimum Gasteiger partial charge on any atom is -0.458 e. The highest BCUT2D eigenvalue weighted by molar-refractivity contribution is 7.81. The molecule has 0 unspecified atom stereocenters. The summed E-state index contributed by atoms with van der Waals surface area (Å²) in [6, 6.07) is 0. The Morgan fingerprint density at radius 2 is 1.34 bits per heavy atom. The Balaban J connectivity index is 0.919. The number of esters is 1. The van der Waals surface area contributed by atoms with Crippen LogP contribution < -0.4 is 0 Å². The Bertz CT molecular complexity index is 2730. The molecule has 85 heavy (non-hydrogen) atoms. The summed E-state index contributed by atoms with van der Waals surface area (Å²) in [4.78, 5) is 42.0. The standard InChI is InChI=1S/C54H84O29S2/c1-22(2)16-24(56)17-53(8)44-27(57)18-52(7)26-10-11-31-50(4,5)32(13-14-51(31,6)25(26)12-15-54(44,52)49(65)82-53)78-48-43(35(60)30(20-73-48)83-85(69,70)71)81-45-37(62)36(61)40(23(3)75-45)79-47-39(64)42(34(59)29(77-47)21-74-84(66,67)68)80-46-38(63)41(72-9)33(58)28(19-55)76-46/h10,22-23,25,28-48,55,58-64H,11-21H2,1-9H3,(H,66,67,68)(H,69,70,71)/t23-,25+,28-,29-,30-,31+,32+,33-,34-,35+,36-,37-,38-,39-,40-,41+,42+,43-,44-,45+,46+,47+,48+,51-,52+,53+,54+/m1/s1. The van der Waals surface area contributed by atoms with Crippen molar-refractivity contribution in [2.24, 2.45) is 45.3 Å². The topological polar surface area (TPSA) is 433 Å². The van der Waals surface area contributed by atoms with E-state index >= 15 is 0 Å². The van der Waals surface area contributed by atoms with E-state index in [0.29, 0.717) is 38.5 Å². The van der Waals surface area contributed by atoms with Crippen molar-refractivity contribution in [3.8, 4) is 0 Å². The maximum absolute atomic E-state index is 14.4. The Morgan fingerprint density at radius 1 is 0.729 bits per heavy atom. The maximum atomic E-state index is 14.4. The molecule has 5 saturated heterocycles. The second-order valence-electron chi connectivity index (χ2n) is 26.3. The Hall–Kier alpha value is -2.39. The molecule has 31 heteroatoms. The third kappa shape index (κ3) is 12.1. The van der Waals surface area contributed by atoms with Crippen LogP contribution in [0.5, 0.6) is 0 Å². The lowest BCUT2D eigenvalue weighted by Crippen LogP contribution is -2.67. The van der Waals surface area contributed by atoms with Crippen molar-refractivity contribution in [2.75, 3.05) is 26.9 Å². The fourth-order valence-electron chi connectivity index (χ4n) is 16.3. The van der Waals surface area contributed by atoms with Crippen LogP contribution in [0.25, 0.3) is 0 Å². The molecule has 8 fully saturated rings. The first-order valence-corrected chi connectivity index (χ1v) is 31.6. The molecule has 0 amide bonds. The molecule has 0 aromatic carbocycles. The van der Waals surface area contributed by atoms with Gasteiger partial charge in [-0.2, -0.15) is 16.8 Å². The molecule has 0 radical (unpaired) electrons. The van der Waals surface area contributed by atoms with Gasteiger partial charge in [-0.25, -0.2) is 8.37 Å². The van der Waals surface area contributed by atoms with Gasteiger partial charge in [0.1, 0.15) is 103 Å². The summed E-state index contributed by atoms with van der Waals surface area (Å²) in [6.07, 6.45) is -30.4. The van der Waals surface area contributed by atoms with Gasteiger partial charge >= 0.3 is 26.8 Å². The van der Waals surface area contributed by atoms with Crippen LogP contribution in [0.2, 0.25) is 0 Å². The summed E-state index contributed by atoms with van der Waals surface area (Å²) in [5, 5.41) is 89.5. The monoisotopic (exact) mass is 1260 g/mol. The number of hydrogen-bond donors (Lipinski definition) is 10. The van der Waals surface area contributed by atoms with E-state index in [0.717, 1.165) is 12.7 Å². The van der Waals surface area contributed by atoms with Crippen molar-refractivity contribution in [3.05, 3.63) is 11.6 Å². The average molecular weight is 1260 g/mol. The molecule has 0 aromatic heterocycles. The Morgan fingerprint density at radius 3 is 1.96 bits per heavy atom. The Labute approximate surface area is 492 Å². The van der Waals surface area contributed by atoms with Gasteiger partial charge in [-0.1, -0.05) is 53.2 Å². The second kappa shape index (κ2) is 24.3. The zero-order valence-electron chi connectivity index (χ0n) is 48.8. The largest absolute Gasteiger partial charge is 0.458 e. The van der Waals surface area contributed by atoms with Gasteiger partial charge < -0.3 is 88.2 Å². The van der Waals surface area contributed by atoms with E-state index in [1.165, 1.54) is 6.92 Å². The van der Waals surface area contributed by atoms with E-state index in [1.54, 1.807) is 6.92 Å². The lowest BCUT2D eigenvalue weighted by Gasteiger charge is -2.63. The first kappa shape index (κ1) is 67.0. The number of rotatable bonds is 19. The molecule has 29 nitrogen and oxygen atoms in total. The molecule has 3 saturated carbocycles. The molecular weight excluding hydrogens is 1180 g/mol. The van der Waals surface area contributed by atoms with Crippen molar-refractivity contribution >= 4 is 38.3 Å². The number of ketones is 2. The quantitative estimate of drug-likeness (QED) is 0.0408. The highest BCUT2D eigenvalue weighted by Crippen LogP contribution is 2.75. The predicted molar refractivity (Wildman–Crippen MR) is 282 cm³/mol. The molecule has 4 aliphatic carbocycles. The van der Waals surface area contributed by atoms with E-state index in [1.807, 2.05) is 34.6 Å². The van der Waals surface area contributed by atoms with Crippen LogP contribution in [-0.2, 0) is 90.9 Å². The second-order valence-corrected chi connectivity index (χ2v) is 28.5. The zero-order valence-corrected chi connectivity index (χ0v) is 50.4. The lowest BCUT2D eigenvalue weighted by atomic mass is 9.41. The third-order valence-corrected chi connectivity index (χ3v) is 21.1. The zero-order chi connectivity index (χ0) is 62.6. The molecule has 1 spiro atoms. The number of methoxy groups -OCH3 is 1. The van der Waals surface area contributed by atoms with Crippen molar-refractivity contribution in [1.82, 2.24) is 0 Å². The van der Waals surface area contributed by atoms with Crippen LogP contribution in [0.1, 0.15) is 107 Å². The number of carbonyl (C=O) groups excluding carboxylic acids is 3. The normalized spacial score (nSPS) is 48.2. The van der Waals surface area contributed by atoms with Crippen LogP contribution >= 0.6 is 0 Å². The molecule has 5 heterocycles. The molecule has 10 N–H and O–H groups in total. The molecule has 5 aliphatic heterocycles. The van der Waals surface area contributed by atoms with Gasteiger partial charge in [0.25, 0.3) is 0 Å². The molecule has 0 aromatic rings. The van der Waals surface area contributed by atoms with Crippen molar-refractivity contribution < 1.29 is 137 Å². The van der Waals surface area contributed by atoms with Gasteiger partial charge in [0.05, 0.1) is 43.4 Å². The number of hydrogen-bond acceptors (Lipinski definition) is 27. The van der Waals surface area contributed by atoms with E-state index in [-0.39, 0.29) is 42.2 Å². The fourth-order valence-corrected chi connectivity index (χ4v) is 17.1.